The first-order valence-corrected chi connectivity index (χ1v) is 5.66. The molecule has 0 radical (unpaired) electrons. The third-order valence-electron chi connectivity index (χ3n) is 2.46. The molecule has 16 heavy (non-hydrogen) atoms. The molecule has 0 aliphatic carbocycles. The summed E-state index contributed by atoms with van der Waals surface area (Å²) in [5, 5.41) is 9.05. The number of nitrogens with zero attached hydrogens (tertiary/aromatic N) is 3. The van der Waals surface area contributed by atoms with E-state index in [1.807, 2.05) is 35.9 Å². The summed E-state index contributed by atoms with van der Waals surface area (Å²) in [4.78, 5) is 4.16. The van der Waals surface area contributed by atoms with Crippen molar-refractivity contribution >= 4 is 15.9 Å². The summed E-state index contributed by atoms with van der Waals surface area (Å²) >= 11 is 3.36. The lowest BCUT2D eigenvalue weighted by Gasteiger charge is -2.07. The van der Waals surface area contributed by atoms with Gasteiger partial charge in [-0.3, -0.25) is 0 Å². The van der Waals surface area contributed by atoms with Gasteiger partial charge in [0.1, 0.15) is 5.82 Å². The van der Waals surface area contributed by atoms with Crippen molar-refractivity contribution in [2.75, 3.05) is 0 Å². The number of aryl methyl sites for hydroxylation is 1. The molecule has 1 heterocycles. The Morgan fingerprint density at radius 3 is 2.94 bits per heavy atom. The van der Waals surface area contributed by atoms with Crippen LogP contribution < -0.4 is 0 Å². The van der Waals surface area contributed by atoms with Crippen LogP contribution in [0, 0.1) is 18.3 Å². The van der Waals surface area contributed by atoms with Crippen LogP contribution in [0.3, 0.4) is 0 Å². The zero-order valence-electron chi connectivity index (χ0n) is 8.81. The molecule has 0 aliphatic heterocycles. The van der Waals surface area contributed by atoms with E-state index in [1.54, 1.807) is 6.20 Å². The molecule has 0 atom stereocenters. The maximum atomic E-state index is 9.05. The highest BCUT2D eigenvalue weighted by Gasteiger charge is 2.04. The summed E-state index contributed by atoms with van der Waals surface area (Å²) in [7, 11) is 0. The minimum absolute atomic E-state index is 0.683. The molecule has 3 nitrogen and oxygen atoms in total. The molecule has 0 unspecified atom stereocenters. The first kappa shape index (κ1) is 10.9. The highest BCUT2D eigenvalue weighted by Crippen LogP contribution is 2.17. The second-order valence-electron chi connectivity index (χ2n) is 3.52. The lowest BCUT2D eigenvalue weighted by Crippen LogP contribution is -2.02. The van der Waals surface area contributed by atoms with Gasteiger partial charge in [-0.2, -0.15) is 5.26 Å². The van der Waals surface area contributed by atoms with Crippen LogP contribution in [0.5, 0.6) is 0 Å². The lowest BCUT2D eigenvalue weighted by molar-refractivity contribution is 0.760. The standard InChI is InChI=1S/C12H10BrN3/c1-9-15-4-5-16(9)8-10-2-3-12(13)6-11(10)7-14/h2-6H,8H2,1H3. The fourth-order valence-electron chi connectivity index (χ4n) is 1.54. The number of hydrogen-bond donors (Lipinski definition) is 0. The number of hydrogen-bond acceptors (Lipinski definition) is 2. The molecule has 80 valence electrons. The number of imidazole rings is 1. The van der Waals surface area contributed by atoms with E-state index in [2.05, 4.69) is 27.0 Å². The second-order valence-corrected chi connectivity index (χ2v) is 4.43. The van der Waals surface area contributed by atoms with E-state index in [1.165, 1.54) is 0 Å². The topological polar surface area (TPSA) is 41.6 Å². The van der Waals surface area contributed by atoms with Gasteiger partial charge in [0, 0.05) is 16.9 Å². The fraction of sp³-hybridized carbons (Fsp3) is 0.167. The van der Waals surface area contributed by atoms with E-state index in [0.717, 1.165) is 15.9 Å². The molecule has 0 fully saturated rings. The largest absolute Gasteiger partial charge is 0.331 e. The van der Waals surface area contributed by atoms with Crippen LogP contribution in [0.1, 0.15) is 17.0 Å². The summed E-state index contributed by atoms with van der Waals surface area (Å²) in [6, 6.07) is 7.95. The Kier molecular flexibility index (Phi) is 3.07. The Morgan fingerprint density at radius 1 is 1.50 bits per heavy atom. The summed E-state index contributed by atoms with van der Waals surface area (Å²) < 4.78 is 2.94. The SMILES string of the molecule is Cc1nccn1Cc1ccc(Br)cc1C#N. The molecule has 0 saturated carbocycles. The van der Waals surface area contributed by atoms with Crippen LogP contribution >= 0.6 is 15.9 Å². The maximum absolute atomic E-state index is 9.05. The molecule has 0 aliphatic rings. The molecule has 0 N–H and O–H groups in total. The van der Waals surface area contributed by atoms with E-state index in [4.69, 9.17) is 5.26 Å². The molecule has 1 aromatic carbocycles. The van der Waals surface area contributed by atoms with Crippen LogP contribution in [0.4, 0.5) is 0 Å². The van der Waals surface area contributed by atoms with Gasteiger partial charge in [-0.15, -0.1) is 0 Å². The van der Waals surface area contributed by atoms with Crippen LogP contribution in [0.2, 0.25) is 0 Å². The lowest BCUT2D eigenvalue weighted by atomic mass is 10.1. The first-order chi connectivity index (χ1) is 7.70. The van der Waals surface area contributed by atoms with Crippen molar-refractivity contribution in [3.8, 4) is 6.07 Å². The predicted octanol–water partition coefficient (Wildman–Crippen LogP) is 2.87. The highest BCUT2D eigenvalue weighted by molar-refractivity contribution is 9.10. The molecule has 2 rings (SSSR count). The summed E-state index contributed by atoms with van der Waals surface area (Å²) in [5.41, 5.74) is 1.70. The second kappa shape index (κ2) is 4.50. The molecule has 4 heteroatoms. The van der Waals surface area contributed by atoms with Crippen molar-refractivity contribution in [3.63, 3.8) is 0 Å². The maximum Gasteiger partial charge on any atom is 0.105 e. The monoisotopic (exact) mass is 275 g/mol. The minimum atomic E-state index is 0.683. The van der Waals surface area contributed by atoms with Gasteiger partial charge in [-0.25, -0.2) is 4.98 Å². The molecule has 0 bridgehead atoms. The Bertz CT molecular complexity index is 552. The molecule has 0 saturated heterocycles. The van der Waals surface area contributed by atoms with E-state index in [0.29, 0.717) is 12.1 Å². The summed E-state index contributed by atoms with van der Waals surface area (Å²) in [6.07, 6.45) is 3.68. The Balaban J connectivity index is 2.36. The third kappa shape index (κ3) is 2.15. The molecule has 0 amide bonds. The zero-order chi connectivity index (χ0) is 11.5. The highest BCUT2D eigenvalue weighted by atomic mass is 79.9. The number of benzene rings is 1. The fourth-order valence-corrected chi connectivity index (χ4v) is 1.91. The molecule has 2 aromatic rings. The quantitative estimate of drug-likeness (QED) is 0.846. The van der Waals surface area contributed by atoms with Crippen molar-refractivity contribution in [2.24, 2.45) is 0 Å². The normalized spacial score (nSPS) is 10.1. The van der Waals surface area contributed by atoms with Crippen molar-refractivity contribution in [2.45, 2.75) is 13.5 Å². The van der Waals surface area contributed by atoms with E-state index in [9.17, 15) is 0 Å². The van der Waals surface area contributed by atoms with Gasteiger partial charge in [0.2, 0.25) is 0 Å². The molecular weight excluding hydrogens is 266 g/mol. The van der Waals surface area contributed by atoms with Gasteiger partial charge in [0.05, 0.1) is 18.2 Å². The number of nitriles is 1. The average Bonchev–Trinajstić information content (AvgIpc) is 2.67. The number of rotatable bonds is 2. The number of aromatic nitrogens is 2. The Morgan fingerprint density at radius 2 is 2.31 bits per heavy atom. The van der Waals surface area contributed by atoms with Crippen molar-refractivity contribution in [1.82, 2.24) is 9.55 Å². The molecular formula is C12H10BrN3. The van der Waals surface area contributed by atoms with E-state index >= 15 is 0 Å². The molecule has 1 aromatic heterocycles. The van der Waals surface area contributed by atoms with Gasteiger partial charge < -0.3 is 4.57 Å². The van der Waals surface area contributed by atoms with Crippen LogP contribution in [-0.2, 0) is 6.54 Å². The smallest absolute Gasteiger partial charge is 0.105 e. The zero-order valence-corrected chi connectivity index (χ0v) is 10.4. The van der Waals surface area contributed by atoms with Crippen LogP contribution in [0.25, 0.3) is 0 Å². The van der Waals surface area contributed by atoms with E-state index < -0.39 is 0 Å². The minimum Gasteiger partial charge on any atom is -0.331 e. The van der Waals surface area contributed by atoms with Gasteiger partial charge >= 0.3 is 0 Å². The van der Waals surface area contributed by atoms with Gasteiger partial charge in [-0.1, -0.05) is 22.0 Å². The van der Waals surface area contributed by atoms with Gasteiger partial charge in [-0.05, 0) is 24.6 Å². The van der Waals surface area contributed by atoms with Gasteiger partial charge in [0.15, 0.2) is 0 Å². The summed E-state index contributed by atoms with van der Waals surface area (Å²) in [6.45, 7) is 2.63. The number of halogens is 1. The molecule has 0 spiro atoms. The first-order valence-electron chi connectivity index (χ1n) is 4.87. The van der Waals surface area contributed by atoms with Crippen molar-refractivity contribution in [3.05, 3.63) is 52.0 Å². The van der Waals surface area contributed by atoms with Crippen LogP contribution in [-0.4, -0.2) is 9.55 Å². The van der Waals surface area contributed by atoms with Gasteiger partial charge in [0.25, 0.3) is 0 Å². The Labute approximate surface area is 102 Å². The van der Waals surface area contributed by atoms with Crippen molar-refractivity contribution < 1.29 is 0 Å². The van der Waals surface area contributed by atoms with Crippen LogP contribution in [0.15, 0.2) is 35.1 Å². The predicted molar refractivity (Wildman–Crippen MR) is 64.9 cm³/mol. The third-order valence-corrected chi connectivity index (χ3v) is 2.95. The summed E-state index contributed by atoms with van der Waals surface area (Å²) in [5.74, 6) is 0.951. The average molecular weight is 276 g/mol. The Hall–Kier alpha value is -1.60. The van der Waals surface area contributed by atoms with Crippen molar-refractivity contribution in [1.29, 1.82) is 5.26 Å². The van der Waals surface area contributed by atoms with E-state index in [-0.39, 0.29) is 0 Å².